The Morgan fingerprint density at radius 1 is 1.30 bits per heavy atom. The number of benzene rings is 1. The molecule has 0 aromatic heterocycles. The first-order valence-electron chi connectivity index (χ1n) is 9.00. The summed E-state index contributed by atoms with van der Waals surface area (Å²) in [5.74, 6) is 0.414. The molecule has 1 heterocycles. The van der Waals surface area contributed by atoms with Crippen molar-refractivity contribution in [2.75, 3.05) is 6.61 Å². The molecule has 27 heavy (non-hydrogen) atoms. The number of rotatable bonds is 5. The summed E-state index contributed by atoms with van der Waals surface area (Å²) in [6.45, 7) is 9.07. The smallest absolute Gasteiger partial charge is 0.336 e. The van der Waals surface area contributed by atoms with Gasteiger partial charge in [-0.3, -0.25) is 9.79 Å². The Bertz CT molecular complexity index is 842. The van der Waals surface area contributed by atoms with Gasteiger partial charge < -0.3 is 9.47 Å². The van der Waals surface area contributed by atoms with Crippen molar-refractivity contribution >= 4 is 17.7 Å². The largest absolute Gasteiger partial charge is 0.465 e. The summed E-state index contributed by atoms with van der Waals surface area (Å²) in [6.07, 6.45) is 5.25. The third-order valence-corrected chi connectivity index (χ3v) is 4.34. The molecule has 142 valence electrons. The van der Waals surface area contributed by atoms with E-state index in [1.165, 1.54) is 0 Å². The average molecular weight is 367 g/mol. The van der Waals surface area contributed by atoms with Gasteiger partial charge in [0.2, 0.25) is 0 Å². The number of hydrogen-bond donors (Lipinski definition) is 0. The molecule has 1 aromatic carbocycles. The zero-order chi connectivity index (χ0) is 20.1. The fourth-order valence-electron chi connectivity index (χ4n) is 3.30. The average Bonchev–Trinajstić information content (AvgIpc) is 2.60. The van der Waals surface area contributed by atoms with Gasteiger partial charge in [0.25, 0.3) is 0 Å². The first kappa shape index (κ1) is 20.4. The second-order valence-electron chi connectivity index (χ2n) is 6.68. The molecule has 5 heteroatoms. The van der Waals surface area contributed by atoms with Crippen molar-refractivity contribution in [2.24, 2.45) is 10.9 Å². The molecule has 0 radical (unpaired) electrons. The van der Waals surface area contributed by atoms with Gasteiger partial charge in [-0.05, 0) is 52.3 Å². The highest BCUT2D eigenvalue weighted by molar-refractivity contribution is 6.07. The Hall–Kier alpha value is -2.87. The number of esters is 2. The lowest BCUT2D eigenvalue weighted by atomic mass is 9.75. The van der Waals surface area contributed by atoms with Crippen molar-refractivity contribution in [1.82, 2.24) is 0 Å². The van der Waals surface area contributed by atoms with Gasteiger partial charge in [0.05, 0.1) is 18.3 Å². The third kappa shape index (κ3) is 4.46. The lowest BCUT2D eigenvalue weighted by Gasteiger charge is -2.32. The van der Waals surface area contributed by atoms with E-state index in [-0.39, 0.29) is 12.7 Å². The number of hydrogen-bond acceptors (Lipinski definition) is 5. The fourth-order valence-corrected chi connectivity index (χ4v) is 3.30. The van der Waals surface area contributed by atoms with Crippen molar-refractivity contribution in [1.29, 1.82) is 0 Å². The second kappa shape index (κ2) is 8.68. The van der Waals surface area contributed by atoms with Gasteiger partial charge in [0.15, 0.2) is 0 Å². The van der Waals surface area contributed by atoms with E-state index in [0.717, 1.165) is 5.56 Å². The Morgan fingerprint density at radius 2 is 2.00 bits per heavy atom. The van der Waals surface area contributed by atoms with Crippen molar-refractivity contribution in [2.45, 2.75) is 46.6 Å². The number of aliphatic imine (C=N–C) groups is 1. The maximum Gasteiger partial charge on any atom is 0.336 e. The Balaban J connectivity index is 2.65. The first-order valence-corrected chi connectivity index (χ1v) is 9.00. The molecule has 0 aliphatic carbocycles. The predicted octanol–water partition coefficient (Wildman–Crippen LogP) is 3.63. The van der Waals surface area contributed by atoms with Crippen LogP contribution in [-0.2, 0) is 19.1 Å². The van der Waals surface area contributed by atoms with E-state index in [4.69, 9.17) is 15.9 Å². The number of carbonyl (C=O) groups is 2. The van der Waals surface area contributed by atoms with E-state index in [2.05, 4.69) is 10.9 Å². The van der Waals surface area contributed by atoms with E-state index in [9.17, 15) is 9.59 Å². The molecule has 2 rings (SSSR count). The van der Waals surface area contributed by atoms with Crippen LogP contribution in [0.3, 0.4) is 0 Å². The Morgan fingerprint density at radius 3 is 2.59 bits per heavy atom. The molecule has 0 bridgehead atoms. The predicted molar refractivity (Wildman–Crippen MR) is 104 cm³/mol. The summed E-state index contributed by atoms with van der Waals surface area (Å²) in [5, 5.41) is 0. The van der Waals surface area contributed by atoms with Crippen molar-refractivity contribution in [3.8, 4) is 12.3 Å². The quantitative estimate of drug-likeness (QED) is 0.589. The summed E-state index contributed by atoms with van der Waals surface area (Å²) in [5.41, 5.74) is 2.93. The standard InChI is InChI=1S/C22H25NO4/c1-7-16-10-9-11-17(12-16)20-18(21(24)26-8-2)14(5)23-15(6)19(20)22(25)27-13(3)4/h1,9-13,18,20H,8H2,2-6H3. The van der Waals surface area contributed by atoms with Gasteiger partial charge in [0, 0.05) is 22.9 Å². The van der Waals surface area contributed by atoms with Crippen LogP contribution < -0.4 is 0 Å². The number of nitrogens with zero attached hydrogens (tertiary/aromatic N) is 1. The van der Waals surface area contributed by atoms with Crippen LogP contribution in [-0.4, -0.2) is 30.4 Å². The van der Waals surface area contributed by atoms with Crippen LogP contribution in [0.1, 0.15) is 51.7 Å². The molecule has 0 saturated heterocycles. The van der Waals surface area contributed by atoms with Crippen LogP contribution >= 0.6 is 0 Å². The van der Waals surface area contributed by atoms with Gasteiger partial charge in [-0.15, -0.1) is 6.42 Å². The van der Waals surface area contributed by atoms with Gasteiger partial charge in [0.1, 0.15) is 5.92 Å². The van der Waals surface area contributed by atoms with Crippen LogP contribution in [0, 0.1) is 18.3 Å². The lowest BCUT2D eigenvalue weighted by molar-refractivity contribution is -0.146. The molecule has 0 fully saturated rings. The lowest BCUT2D eigenvalue weighted by Crippen LogP contribution is -2.37. The topological polar surface area (TPSA) is 65.0 Å². The molecule has 0 N–H and O–H groups in total. The molecule has 1 aliphatic rings. The third-order valence-electron chi connectivity index (χ3n) is 4.34. The summed E-state index contributed by atoms with van der Waals surface area (Å²) < 4.78 is 10.7. The normalized spacial score (nSPS) is 19.4. The van der Waals surface area contributed by atoms with Crippen LogP contribution in [0.2, 0.25) is 0 Å². The van der Waals surface area contributed by atoms with E-state index >= 15 is 0 Å². The van der Waals surface area contributed by atoms with Crippen LogP contribution in [0.15, 0.2) is 40.5 Å². The molecule has 0 amide bonds. The number of ether oxygens (including phenoxy) is 2. The van der Waals surface area contributed by atoms with Crippen molar-refractivity contribution in [3.05, 3.63) is 46.7 Å². The molecular formula is C22H25NO4. The highest BCUT2D eigenvalue weighted by atomic mass is 16.5. The fraction of sp³-hybridized carbons (Fsp3) is 0.409. The van der Waals surface area contributed by atoms with Gasteiger partial charge >= 0.3 is 11.9 Å². The maximum absolute atomic E-state index is 12.8. The molecule has 0 spiro atoms. The molecular weight excluding hydrogens is 342 g/mol. The molecule has 0 saturated carbocycles. The van der Waals surface area contributed by atoms with Crippen LogP contribution in [0.4, 0.5) is 0 Å². The molecule has 1 aliphatic heterocycles. The van der Waals surface area contributed by atoms with E-state index in [1.54, 1.807) is 40.7 Å². The van der Waals surface area contributed by atoms with Crippen molar-refractivity contribution < 1.29 is 19.1 Å². The monoisotopic (exact) mass is 367 g/mol. The minimum Gasteiger partial charge on any atom is -0.465 e. The molecule has 5 nitrogen and oxygen atoms in total. The number of allylic oxidation sites excluding steroid dienone is 1. The zero-order valence-electron chi connectivity index (χ0n) is 16.4. The first-order chi connectivity index (χ1) is 12.8. The highest BCUT2D eigenvalue weighted by Crippen LogP contribution is 2.40. The van der Waals surface area contributed by atoms with Crippen LogP contribution in [0.25, 0.3) is 0 Å². The number of carbonyl (C=O) groups excluding carboxylic acids is 2. The Labute approximate surface area is 160 Å². The molecule has 1 aromatic rings. The second-order valence-corrected chi connectivity index (χ2v) is 6.68. The highest BCUT2D eigenvalue weighted by Gasteiger charge is 2.42. The van der Waals surface area contributed by atoms with Gasteiger partial charge in [-0.25, -0.2) is 4.79 Å². The summed E-state index contributed by atoms with van der Waals surface area (Å²) in [4.78, 5) is 30.0. The van der Waals surface area contributed by atoms with Gasteiger partial charge in [-0.1, -0.05) is 18.1 Å². The summed E-state index contributed by atoms with van der Waals surface area (Å²) >= 11 is 0. The number of terminal acetylenes is 1. The SMILES string of the molecule is C#Cc1cccc(C2C(C(=O)OC(C)C)=C(C)N=C(C)C2C(=O)OCC)c1. The Kier molecular flexibility index (Phi) is 6.57. The van der Waals surface area contributed by atoms with Gasteiger partial charge in [-0.2, -0.15) is 0 Å². The van der Waals surface area contributed by atoms with E-state index in [1.807, 2.05) is 18.2 Å². The summed E-state index contributed by atoms with van der Waals surface area (Å²) in [6, 6.07) is 7.28. The zero-order valence-corrected chi connectivity index (χ0v) is 16.4. The maximum atomic E-state index is 12.8. The minimum atomic E-state index is -0.712. The minimum absolute atomic E-state index is 0.244. The van der Waals surface area contributed by atoms with E-state index < -0.39 is 23.8 Å². The van der Waals surface area contributed by atoms with Crippen molar-refractivity contribution in [3.63, 3.8) is 0 Å². The van der Waals surface area contributed by atoms with Crippen LogP contribution in [0.5, 0.6) is 0 Å². The molecule has 2 atom stereocenters. The van der Waals surface area contributed by atoms with E-state index in [0.29, 0.717) is 22.5 Å². The summed E-state index contributed by atoms with van der Waals surface area (Å²) in [7, 11) is 0. The molecule has 2 unspecified atom stereocenters.